The fraction of sp³-hybridized carbons (Fsp3) is 0.321. The van der Waals surface area contributed by atoms with E-state index in [1.165, 1.54) is 23.3 Å². The normalized spacial score (nSPS) is 15.6. The van der Waals surface area contributed by atoms with Gasteiger partial charge in [-0.15, -0.1) is 11.3 Å². The number of nitrogens with zero attached hydrogens (tertiary/aromatic N) is 3. The first-order valence-corrected chi connectivity index (χ1v) is 12.9. The summed E-state index contributed by atoms with van der Waals surface area (Å²) in [5.41, 5.74) is 2.14. The molecule has 1 unspecified atom stereocenters. The molecule has 1 aromatic heterocycles. The minimum Gasteiger partial charge on any atom is -0.503 e. The minimum atomic E-state index is -0.786. The molecule has 3 aromatic rings. The van der Waals surface area contributed by atoms with Crippen molar-refractivity contribution in [2.45, 2.75) is 19.9 Å². The Kier molecular flexibility index (Phi) is 7.94. The van der Waals surface area contributed by atoms with Crippen LogP contribution in [0.2, 0.25) is 0 Å². The molecule has 1 aliphatic heterocycles. The Balaban J connectivity index is 1.80. The summed E-state index contributed by atoms with van der Waals surface area (Å²) in [6.07, 6.45) is 0. The molecule has 1 atom stereocenters. The van der Waals surface area contributed by atoms with Gasteiger partial charge >= 0.3 is 0 Å². The average molecular weight is 522 g/mol. The largest absolute Gasteiger partial charge is 0.503 e. The molecular formula is C28H31N3O5S. The van der Waals surface area contributed by atoms with Crippen molar-refractivity contribution in [3.05, 3.63) is 76.0 Å². The van der Waals surface area contributed by atoms with Gasteiger partial charge in [0.2, 0.25) is 5.78 Å². The molecule has 0 saturated carbocycles. The summed E-state index contributed by atoms with van der Waals surface area (Å²) < 4.78 is 11.2. The summed E-state index contributed by atoms with van der Waals surface area (Å²) in [6.45, 7) is 4.99. The number of hydrogen-bond donors (Lipinski definition) is 1. The van der Waals surface area contributed by atoms with E-state index < -0.39 is 23.5 Å². The van der Waals surface area contributed by atoms with Crippen molar-refractivity contribution in [3.8, 4) is 22.1 Å². The lowest BCUT2D eigenvalue weighted by Crippen LogP contribution is -2.36. The monoisotopic (exact) mass is 521 g/mol. The lowest BCUT2D eigenvalue weighted by molar-refractivity contribution is -0.129. The van der Waals surface area contributed by atoms with Crippen molar-refractivity contribution >= 4 is 23.0 Å². The Labute approximate surface area is 220 Å². The van der Waals surface area contributed by atoms with Gasteiger partial charge in [0, 0.05) is 18.7 Å². The van der Waals surface area contributed by atoms with Gasteiger partial charge in [-0.2, -0.15) is 0 Å². The fourth-order valence-corrected chi connectivity index (χ4v) is 5.36. The van der Waals surface area contributed by atoms with Gasteiger partial charge in [0.05, 0.1) is 35.9 Å². The number of hydrogen-bond acceptors (Lipinski definition) is 8. The highest BCUT2D eigenvalue weighted by Crippen LogP contribution is 2.43. The van der Waals surface area contributed by atoms with Gasteiger partial charge in [0.1, 0.15) is 5.01 Å². The molecule has 0 radical (unpaired) electrons. The molecule has 0 bridgehead atoms. The first kappa shape index (κ1) is 26.4. The molecule has 9 heteroatoms. The number of methoxy groups -OCH3 is 1. The van der Waals surface area contributed by atoms with Crippen LogP contribution in [-0.2, 0) is 4.79 Å². The van der Waals surface area contributed by atoms with Crippen LogP contribution in [0.3, 0.4) is 0 Å². The molecule has 0 aliphatic carbocycles. The minimum absolute atomic E-state index is 0.0429. The smallest absolute Gasteiger partial charge is 0.290 e. The standard InChI is InChI=1S/C28H31N3O5S/c1-6-36-20-13-12-19(16-21(20)35-5)23-22(25(33)28(34)31(23)15-14-30(3)4)24(32)26-17(2)29-27(37-26)18-10-8-7-9-11-18/h7-13,16,23,33H,6,14-15H2,1-5H3. The molecule has 1 aliphatic rings. The predicted molar refractivity (Wildman–Crippen MR) is 143 cm³/mol. The van der Waals surface area contributed by atoms with E-state index in [9.17, 15) is 14.7 Å². The van der Waals surface area contributed by atoms with Crippen molar-refractivity contribution in [1.82, 2.24) is 14.8 Å². The number of carbonyl (C=O) groups is 2. The topological polar surface area (TPSA) is 92.2 Å². The van der Waals surface area contributed by atoms with Gasteiger partial charge in [0.15, 0.2) is 17.3 Å². The second-order valence-corrected chi connectivity index (χ2v) is 9.94. The molecule has 0 spiro atoms. The Morgan fingerprint density at radius 3 is 2.54 bits per heavy atom. The number of Topliss-reactive ketones (excluding diaryl/α,β-unsaturated/α-hetero) is 1. The third-order valence-electron chi connectivity index (χ3n) is 6.16. The number of thiazole rings is 1. The lowest BCUT2D eigenvalue weighted by Gasteiger charge is -2.28. The average Bonchev–Trinajstić information content (AvgIpc) is 3.40. The predicted octanol–water partition coefficient (Wildman–Crippen LogP) is 4.67. The highest BCUT2D eigenvalue weighted by atomic mass is 32.1. The number of aryl methyl sites for hydroxylation is 1. The Bertz CT molecular complexity index is 1330. The highest BCUT2D eigenvalue weighted by molar-refractivity contribution is 7.17. The van der Waals surface area contributed by atoms with Crippen molar-refractivity contribution in [3.63, 3.8) is 0 Å². The maximum atomic E-state index is 14.0. The van der Waals surface area contributed by atoms with Crippen LogP contribution in [0.4, 0.5) is 0 Å². The zero-order chi connectivity index (χ0) is 26.7. The van der Waals surface area contributed by atoms with Crippen LogP contribution in [0, 0.1) is 6.92 Å². The first-order chi connectivity index (χ1) is 17.8. The summed E-state index contributed by atoms with van der Waals surface area (Å²) in [5, 5.41) is 11.7. The van der Waals surface area contributed by atoms with Gasteiger partial charge in [-0.1, -0.05) is 36.4 Å². The van der Waals surface area contributed by atoms with E-state index in [0.717, 1.165) is 5.56 Å². The molecule has 4 rings (SSSR count). The molecule has 37 heavy (non-hydrogen) atoms. The number of benzene rings is 2. The summed E-state index contributed by atoms with van der Waals surface area (Å²) in [6, 6.07) is 14.1. The van der Waals surface area contributed by atoms with E-state index in [4.69, 9.17) is 9.47 Å². The van der Waals surface area contributed by atoms with Gasteiger partial charge in [0.25, 0.3) is 5.91 Å². The number of aliphatic hydroxyl groups excluding tert-OH is 1. The van der Waals surface area contributed by atoms with Crippen LogP contribution >= 0.6 is 11.3 Å². The molecule has 194 valence electrons. The van der Waals surface area contributed by atoms with E-state index in [1.54, 1.807) is 25.1 Å². The molecule has 0 saturated heterocycles. The van der Waals surface area contributed by atoms with E-state index in [0.29, 0.717) is 52.3 Å². The second kappa shape index (κ2) is 11.1. The lowest BCUT2D eigenvalue weighted by atomic mass is 9.94. The maximum absolute atomic E-state index is 14.0. The second-order valence-electron chi connectivity index (χ2n) is 8.94. The molecule has 1 amide bonds. The number of ether oxygens (including phenoxy) is 2. The Morgan fingerprint density at radius 2 is 1.89 bits per heavy atom. The SMILES string of the molecule is CCOc1ccc(C2C(C(=O)c3sc(-c4ccccc4)nc3C)=C(O)C(=O)N2CCN(C)C)cc1OC. The van der Waals surface area contributed by atoms with Crippen LogP contribution < -0.4 is 9.47 Å². The number of aromatic nitrogens is 1. The van der Waals surface area contributed by atoms with Gasteiger partial charge in [-0.3, -0.25) is 9.59 Å². The quantitative estimate of drug-likeness (QED) is 0.388. The molecular weight excluding hydrogens is 490 g/mol. The number of ketones is 1. The fourth-order valence-electron chi connectivity index (χ4n) is 4.33. The van der Waals surface area contributed by atoms with E-state index in [-0.39, 0.29) is 5.57 Å². The van der Waals surface area contributed by atoms with Crippen molar-refractivity contribution in [1.29, 1.82) is 0 Å². The van der Waals surface area contributed by atoms with Gasteiger partial charge in [-0.25, -0.2) is 4.98 Å². The molecule has 0 fully saturated rings. The molecule has 8 nitrogen and oxygen atoms in total. The van der Waals surface area contributed by atoms with E-state index in [2.05, 4.69) is 4.98 Å². The van der Waals surface area contributed by atoms with E-state index >= 15 is 0 Å². The molecule has 2 aromatic carbocycles. The third kappa shape index (κ3) is 5.23. The van der Waals surface area contributed by atoms with Crippen LogP contribution in [0.25, 0.3) is 10.6 Å². The Hall–Kier alpha value is -3.69. The highest BCUT2D eigenvalue weighted by Gasteiger charge is 2.44. The molecule has 2 heterocycles. The third-order valence-corrected chi connectivity index (χ3v) is 7.37. The number of rotatable bonds is 10. The van der Waals surface area contributed by atoms with Crippen LogP contribution in [0.5, 0.6) is 11.5 Å². The zero-order valence-corrected chi connectivity index (χ0v) is 22.5. The van der Waals surface area contributed by atoms with Crippen molar-refractivity contribution < 1.29 is 24.2 Å². The van der Waals surface area contributed by atoms with Gasteiger partial charge in [-0.05, 0) is 45.6 Å². The van der Waals surface area contributed by atoms with Crippen molar-refractivity contribution in [2.75, 3.05) is 40.9 Å². The number of amides is 1. The number of carbonyl (C=O) groups excluding carboxylic acids is 2. The zero-order valence-electron chi connectivity index (χ0n) is 21.6. The van der Waals surface area contributed by atoms with Gasteiger partial charge < -0.3 is 24.4 Å². The summed E-state index contributed by atoms with van der Waals surface area (Å²) >= 11 is 1.26. The first-order valence-electron chi connectivity index (χ1n) is 12.0. The summed E-state index contributed by atoms with van der Waals surface area (Å²) in [4.78, 5) is 35.7. The number of aliphatic hydroxyl groups is 1. The van der Waals surface area contributed by atoms with Crippen molar-refractivity contribution in [2.24, 2.45) is 0 Å². The van der Waals surface area contributed by atoms with Crippen LogP contribution in [-0.4, -0.2) is 72.5 Å². The summed E-state index contributed by atoms with van der Waals surface area (Å²) in [7, 11) is 5.34. The molecule has 1 N–H and O–H groups in total. The summed E-state index contributed by atoms with van der Waals surface area (Å²) in [5.74, 6) is -0.472. The Morgan fingerprint density at radius 1 is 1.16 bits per heavy atom. The van der Waals surface area contributed by atoms with E-state index in [1.807, 2.05) is 56.3 Å². The van der Waals surface area contributed by atoms with Crippen LogP contribution in [0.15, 0.2) is 59.9 Å². The maximum Gasteiger partial charge on any atom is 0.290 e. The number of likely N-dealkylation sites (N-methyl/N-ethyl adjacent to an activating group) is 1. The van der Waals surface area contributed by atoms with Crippen LogP contribution in [0.1, 0.15) is 33.9 Å².